The number of carbonyl (C=O) groups is 2. The molecule has 1 aromatic rings. The maximum atomic E-state index is 11.5. The second-order valence-corrected chi connectivity index (χ2v) is 4.34. The van der Waals surface area contributed by atoms with Crippen molar-refractivity contribution in [2.24, 2.45) is 11.5 Å². The minimum atomic E-state index is -1.04. The van der Waals surface area contributed by atoms with Crippen molar-refractivity contribution in [2.75, 3.05) is 5.32 Å². The summed E-state index contributed by atoms with van der Waals surface area (Å²) in [5.41, 5.74) is 10.6. The lowest BCUT2D eigenvalue weighted by atomic mass is 10.2. The fourth-order valence-corrected chi connectivity index (χ4v) is 1.50. The molecule has 0 aliphatic heterocycles. The van der Waals surface area contributed by atoms with Crippen LogP contribution in [0.3, 0.4) is 0 Å². The predicted octanol–water partition coefficient (Wildman–Crippen LogP) is 0.296. The number of carbonyl (C=O) groups excluding carboxylic acids is 2. The minimum absolute atomic E-state index is 0.0900. The molecule has 0 aliphatic rings. The molecule has 17 heavy (non-hydrogen) atoms. The maximum absolute atomic E-state index is 11.5. The molecule has 1 atom stereocenters. The van der Waals surface area contributed by atoms with Crippen LogP contribution in [-0.2, 0) is 9.59 Å². The third-order valence-corrected chi connectivity index (χ3v) is 2.47. The van der Waals surface area contributed by atoms with Gasteiger partial charge in [0, 0.05) is 4.47 Å². The predicted molar refractivity (Wildman–Crippen MR) is 66.2 cm³/mol. The number of phenolic OH excluding ortho intramolecular Hbond substituents is 1. The van der Waals surface area contributed by atoms with Crippen molar-refractivity contribution in [1.29, 1.82) is 0 Å². The normalized spacial score (nSPS) is 11.9. The first-order valence-corrected chi connectivity index (χ1v) is 5.52. The summed E-state index contributed by atoms with van der Waals surface area (Å²) < 4.78 is 0.689. The number of nitrogens with two attached hydrogens (primary N) is 2. The first-order chi connectivity index (χ1) is 7.90. The number of halogens is 1. The lowest BCUT2D eigenvalue weighted by Gasteiger charge is -2.11. The van der Waals surface area contributed by atoms with Crippen LogP contribution in [0.4, 0.5) is 5.69 Å². The summed E-state index contributed by atoms with van der Waals surface area (Å²) in [5.74, 6) is -1.34. The molecule has 1 aromatic carbocycles. The van der Waals surface area contributed by atoms with Crippen molar-refractivity contribution in [3.8, 4) is 5.75 Å². The van der Waals surface area contributed by atoms with Crippen LogP contribution in [-0.4, -0.2) is 23.0 Å². The number of hydrogen-bond acceptors (Lipinski definition) is 4. The average Bonchev–Trinajstić information content (AvgIpc) is 2.22. The second-order valence-electron chi connectivity index (χ2n) is 3.43. The molecule has 0 spiro atoms. The second kappa shape index (κ2) is 5.65. The van der Waals surface area contributed by atoms with E-state index in [1.54, 1.807) is 6.07 Å². The Labute approximate surface area is 106 Å². The highest BCUT2D eigenvalue weighted by Crippen LogP contribution is 2.26. The molecule has 6 nitrogen and oxygen atoms in total. The smallest absolute Gasteiger partial charge is 0.241 e. The van der Waals surface area contributed by atoms with Gasteiger partial charge >= 0.3 is 0 Å². The molecule has 0 heterocycles. The van der Waals surface area contributed by atoms with Crippen molar-refractivity contribution in [2.45, 2.75) is 12.5 Å². The van der Waals surface area contributed by atoms with Crippen LogP contribution in [0, 0.1) is 0 Å². The highest BCUT2D eigenvalue weighted by Gasteiger charge is 2.17. The summed E-state index contributed by atoms with van der Waals surface area (Å²) in [4.78, 5) is 22.1. The molecule has 6 N–H and O–H groups in total. The van der Waals surface area contributed by atoms with Crippen LogP contribution in [0.2, 0.25) is 0 Å². The highest BCUT2D eigenvalue weighted by molar-refractivity contribution is 9.10. The molecule has 1 rings (SSSR count). The Morgan fingerprint density at radius 3 is 2.71 bits per heavy atom. The van der Waals surface area contributed by atoms with Gasteiger partial charge in [0.1, 0.15) is 5.75 Å². The van der Waals surface area contributed by atoms with Crippen molar-refractivity contribution in [3.63, 3.8) is 0 Å². The zero-order valence-electron chi connectivity index (χ0n) is 8.81. The molecule has 0 bridgehead atoms. The summed E-state index contributed by atoms with van der Waals surface area (Å²) in [6.07, 6.45) is -0.249. The standard InChI is InChI=1S/C10H12BrN3O3/c11-5-1-2-8(15)7(3-5)14-10(17)6(12)4-9(13)16/h1-3,6,15H,4,12H2,(H2,13,16)(H,14,17). The molecule has 7 heteroatoms. The third kappa shape index (κ3) is 4.04. The average molecular weight is 302 g/mol. The summed E-state index contributed by atoms with van der Waals surface area (Å²) in [7, 11) is 0. The Morgan fingerprint density at radius 1 is 1.47 bits per heavy atom. The molecule has 0 aromatic heterocycles. The van der Waals surface area contributed by atoms with E-state index in [2.05, 4.69) is 21.2 Å². The van der Waals surface area contributed by atoms with Gasteiger partial charge in [-0.3, -0.25) is 9.59 Å². The van der Waals surface area contributed by atoms with E-state index in [9.17, 15) is 14.7 Å². The third-order valence-electron chi connectivity index (χ3n) is 1.97. The van der Waals surface area contributed by atoms with Gasteiger partial charge in [-0.2, -0.15) is 0 Å². The number of anilines is 1. The van der Waals surface area contributed by atoms with Crippen LogP contribution >= 0.6 is 15.9 Å². The highest BCUT2D eigenvalue weighted by atomic mass is 79.9. The SMILES string of the molecule is NC(=O)CC(N)C(=O)Nc1cc(Br)ccc1O. The van der Waals surface area contributed by atoms with Gasteiger partial charge in [0.15, 0.2) is 0 Å². The van der Waals surface area contributed by atoms with Gasteiger partial charge in [0.05, 0.1) is 18.2 Å². The van der Waals surface area contributed by atoms with E-state index in [4.69, 9.17) is 11.5 Å². The summed E-state index contributed by atoms with van der Waals surface area (Å²) in [5, 5.41) is 11.9. The quantitative estimate of drug-likeness (QED) is 0.598. The van der Waals surface area contributed by atoms with Crippen LogP contribution in [0.5, 0.6) is 5.75 Å². The van der Waals surface area contributed by atoms with E-state index in [0.717, 1.165) is 0 Å². The van der Waals surface area contributed by atoms with E-state index in [1.807, 2.05) is 0 Å². The minimum Gasteiger partial charge on any atom is -0.506 e. The number of benzene rings is 1. The van der Waals surface area contributed by atoms with Crippen molar-refractivity contribution >= 4 is 33.4 Å². The van der Waals surface area contributed by atoms with Crippen LogP contribution in [0.15, 0.2) is 22.7 Å². The van der Waals surface area contributed by atoms with Gasteiger partial charge in [0.2, 0.25) is 11.8 Å². The Morgan fingerprint density at radius 2 is 2.12 bits per heavy atom. The Balaban J connectivity index is 2.73. The molecular weight excluding hydrogens is 290 g/mol. The lowest BCUT2D eigenvalue weighted by Crippen LogP contribution is -2.39. The fourth-order valence-electron chi connectivity index (χ4n) is 1.14. The molecule has 1 unspecified atom stereocenters. The van der Waals surface area contributed by atoms with E-state index < -0.39 is 17.9 Å². The Hall–Kier alpha value is -1.60. The summed E-state index contributed by atoms with van der Waals surface area (Å²) in [6, 6.07) is 3.52. The number of nitrogens with one attached hydrogen (secondary N) is 1. The molecule has 2 amide bonds. The Bertz CT molecular complexity index is 450. The monoisotopic (exact) mass is 301 g/mol. The van der Waals surface area contributed by atoms with Gasteiger partial charge in [-0.05, 0) is 18.2 Å². The molecule has 0 radical (unpaired) electrons. The van der Waals surface area contributed by atoms with Crippen molar-refractivity contribution < 1.29 is 14.7 Å². The topological polar surface area (TPSA) is 118 Å². The van der Waals surface area contributed by atoms with Crippen molar-refractivity contribution in [1.82, 2.24) is 0 Å². The van der Waals surface area contributed by atoms with E-state index in [1.165, 1.54) is 12.1 Å². The molecular formula is C10H12BrN3O3. The van der Waals surface area contributed by atoms with Gasteiger partial charge < -0.3 is 21.9 Å². The number of phenols is 1. The number of rotatable bonds is 4. The summed E-state index contributed by atoms with van der Waals surface area (Å²) in [6.45, 7) is 0. The number of hydrogen-bond donors (Lipinski definition) is 4. The van der Waals surface area contributed by atoms with Gasteiger partial charge in [-0.15, -0.1) is 0 Å². The first-order valence-electron chi connectivity index (χ1n) is 4.73. The van der Waals surface area contributed by atoms with Gasteiger partial charge in [0.25, 0.3) is 0 Å². The van der Waals surface area contributed by atoms with Crippen LogP contribution in [0.1, 0.15) is 6.42 Å². The maximum Gasteiger partial charge on any atom is 0.241 e. The van der Waals surface area contributed by atoms with Gasteiger partial charge in [-0.1, -0.05) is 15.9 Å². The Kier molecular flexibility index (Phi) is 4.47. The largest absolute Gasteiger partial charge is 0.506 e. The first kappa shape index (κ1) is 13.5. The zero-order valence-corrected chi connectivity index (χ0v) is 10.4. The molecule has 92 valence electrons. The van der Waals surface area contributed by atoms with Crippen molar-refractivity contribution in [3.05, 3.63) is 22.7 Å². The summed E-state index contributed by atoms with van der Waals surface area (Å²) >= 11 is 3.20. The molecule has 0 saturated heterocycles. The van der Waals surface area contributed by atoms with Crippen LogP contribution < -0.4 is 16.8 Å². The van der Waals surface area contributed by atoms with Gasteiger partial charge in [-0.25, -0.2) is 0 Å². The lowest BCUT2D eigenvalue weighted by molar-refractivity contribution is -0.123. The molecule has 0 fully saturated rings. The van der Waals surface area contributed by atoms with E-state index >= 15 is 0 Å². The fraction of sp³-hybridized carbons (Fsp3) is 0.200. The van der Waals surface area contributed by atoms with E-state index in [-0.39, 0.29) is 17.9 Å². The van der Waals surface area contributed by atoms with Crippen LogP contribution in [0.25, 0.3) is 0 Å². The molecule has 0 saturated carbocycles. The zero-order chi connectivity index (χ0) is 13.0. The number of aromatic hydroxyl groups is 1. The van der Waals surface area contributed by atoms with E-state index in [0.29, 0.717) is 4.47 Å². The number of primary amides is 1. The molecule has 0 aliphatic carbocycles. The number of amides is 2.